The zero-order chi connectivity index (χ0) is 18.4. The Morgan fingerprint density at radius 1 is 1.08 bits per heavy atom. The molecule has 1 heterocycles. The van der Waals surface area contributed by atoms with Crippen molar-refractivity contribution in [3.63, 3.8) is 0 Å². The molecule has 1 aromatic heterocycles. The Labute approximate surface area is 150 Å². The number of nitrogens with one attached hydrogen (secondary N) is 2. The van der Waals surface area contributed by atoms with Crippen LogP contribution in [-0.4, -0.2) is 24.4 Å². The summed E-state index contributed by atoms with van der Waals surface area (Å²) in [4.78, 5) is 36.4. The molecule has 0 bridgehead atoms. The predicted octanol–water partition coefficient (Wildman–Crippen LogP) is 3.37. The standard InChI is InChI=1S/C18H20N2O4S/c1-4-13-9-16(25-11(13)2)18(23)24-10-17(22)20-15-7-5-14(6-8-15)19-12(3)21/h5-9H,4,10H2,1-3H3,(H,19,21)(H,20,22). The van der Waals surface area contributed by atoms with Crippen molar-refractivity contribution in [2.75, 3.05) is 17.2 Å². The largest absolute Gasteiger partial charge is 0.451 e. The normalized spacial score (nSPS) is 10.2. The van der Waals surface area contributed by atoms with Crippen LogP contribution in [0.3, 0.4) is 0 Å². The first kappa shape index (κ1) is 18.7. The molecule has 0 atom stereocenters. The van der Waals surface area contributed by atoms with Crippen molar-refractivity contribution in [2.24, 2.45) is 0 Å². The number of rotatable bonds is 6. The molecule has 0 radical (unpaired) electrons. The monoisotopic (exact) mass is 360 g/mol. The van der Waals surface area contributed by atoms with Crippen molar-refractivity contribution in [2.45, 2.75) is 27.2 Å². The summed E-state index contributed by atoms with van der Waals surface area (Å²) in [7, 11) is 0. The van der Waals surface area contributed by atoms with Gasteiger partial charge in [-0.15, -0.1) is 11.3 Å². The van der Waals surface area contributed by atoms with Crippen LogP contribution in [0.5, 0.6) is 0 Å². The average Bonchev–Trinajstić information content (AvgIpc) is 2.95. The highest BCUT2D eigenvalue weighted by molar-refractivity contribution is 7.14. The topological polar surface area (TPSA) is 84.5 Å². The van der Waals surface area contributed by atoms with Crippen LogP contribution in [0.25, 0.3) is 0 Å². The zero-order valence-electron chi connectivity index (χ0n) is 14.3. The lowest BCUT2D eigenvalue weighted by Gasteiger charge is -2.07. The molecule has 2 N–H and O–H groups in total. The van der Waals surface area contributed by atoms with E-state index in [1.807, 2.05) is 13.8 Å². The van der Waals surface area contributed by atoms with Crippen molar-refractivity contribution < 1.29 is 19.1 Å². The van der Waals surface area contributed by atoms with Crippen molar-refractivity contribution in [3.8, 4) is 0 Å². The Hall–Kier alpha value is -2.67. The van der Waals surface area contributed by atoms with Crippen LogP contribution in [0.1, 0.15) is 34.0 Å². The third-order valence-corrected chi connectivity index (χ3v) is 4.50. The first-order valence-electron chi connectivity index (χ1n) is 7.83. The van der Waals surface area contributed by atoms with Crippen LogP contribution in [-0.2, 0) is 20.7 Å². The van der Waals surface area contributed by atoms with Gasteiger partial charge in [-0.05, 0) is 49.2 Å². The van der Waals surface area contributed by atoms with Gasteiger partial charge in [0.15, 0.2) is 6.61 Å². The fourth-order valence-corrected chi connectivity index (χ4v) is 3.22. The van der Waals surface area contributed by atoms with E-state index >= 15 is 0 Å². The van der Waals surface area contributed by atoms with Crippen LogP contribution < -0.4 is 10.6 Å². The van der Waals surface area contributed by atoms with Gasteiger partial charge in [0.25, 0.3) is 5.91 Å². The predicted molar refractivity (Wildman–Crippen MR) is 98.1 cm³/mol. The molecular formula is C18H20N2O4S. The fourth-order valence-electron chi connectivity index (χ4n) is 2.21. The van der Waals surface area contributed by atoms with E-state index in [1.54, 1.807) is 30.3 Å². The molecule has 0 saturated carbocycles. The van der Waals surface area contributed by atoms with Gasteiger partial charge in [-0.1, -0.05) is 6.92 Å². The second-order valence-corrected chi connectivity index (χ2v) is 6.68. The highest BCUT2D eigenvalue weighted by atomic mass is 32.1. The molecule has 0 aliphatic heterocycles. The van der Waals surface area contributed by atoms with Gasteiger partial charge in [0.2, 0.25) is 5.91 Å². The van der Waals surface area contributed by atoms with Crippen LogP contribution in [0.2, 0.25) is 0 Å². The van der Waals surface area contributed by atoms with Gasteiger partial charge in [0, 0.05) is 23.2 Å². The van der Waals surface area contributed by atoms with Gasteiger partial charge in [-0.25, -0.2) is 4.79 Å². The van der Waals surface area contributed by atoms with Crippen LogP contribution in [0.4, 0.5) is 11.4 Å². The molecule has 2 amide bonds. The zero-order valence-corrected chi connectivity index (χ0v) is 15.2. The van der Waals surface area contributed by atoms with E-state index in [9.17, 15) is 14.4 Å². The summed E-state index contributed by atoms with van der Waals surface area (Å²) in [5, 5.41) is 5.27. The molecule has 25 heavy (non-hydrogen) atoms. The minimum Gasteiger partial charge on any atom is -0.451 e. The Bertz CT molecular complexity index is 781. The quantitative estimate of drug-likeness (QED) is 0.774. The van der Waals surface area contributed by atoms with Crippen LogP contribution >= 0.6 is 11.3 Å². The maximum atomic E-state index is 12.0. The lowest BCUT2D eigenvalue weighted by Crippen LogP contribution is -2.20. The molecule has 6 nitrogen and oxygen atoms in total. The van der Waals surface area contributed by atoms with Crippen LogP contribution in [0, 0.1) is 6.92 Å². The maximum absolute atomic E-state index is 12.0. The first-order valence-corrected chi connectivity index (χ1v) is 8.64. The molecule has 0 saturated heterocycles. The van der Waals surface area contributed by atoms with E-state index in [1.165, 1.54) is 18.3 Å². The van der Waals surface area contributed by atoms with E-state index in [4.69, 9.17) is 4.74 Å². The molecule has 0 aliphatic rings. The number of ether oxygens (including phenoxy) is 1. The molecule has 0 aliphatic carbocycles. The van der Waals surface area contributed by atoms with Gasteiger partial charge in [0.1, 0.15) is 4.88 Å². The van der Waals surface area contributed by atoms with Crippen molar-refractivity contribution in [1.82, 2.24) is 0 Å². The molecular weight excluding hydrogens is 340 g/mol. The van der Waals surface area contributed by atoms with Crippen molar-refractivity contribution in [1.29, 1.82) is 0 Å². The minimum absolute atomic E-state index is 0.168. The Kier molecular flexibility index (Phi) is 6.30. The number of carbonyl (C=O) groups excluding carboxylic acids is 3. The Morgan fingerprint density at radius 3 is 2.20 bits per heavy atom. The van der Waals surface area contributed by atoms with E-state index < -0.39 is 11.9 Å². The number of hydrogen-bond donors (Lipinski definition) is 2. The third kappa shape index (κ3) is 5.42. The molecule has 2 rings (SSSR count). The van der Waals surface area contributed by atoms with Crippen molar-refractivity contribution in [3.05, 3.63) is 45.6 Å². The number of carbonyl (C=O) groups is 3. The lowest BCUT2D eigenvalue weighted by atomic mass is 10.2. The summed E-state index contributed by atoms with van der Waals surface area (Å²) in [6.45, 7) is 5.04. The van der Waals surface area contributed by atoms with E-state index in [2.05, 4.69) is 10.6 Å². The molecule has 0 unspecified atom stereocenters. The third-order valence-electron chi connectivity index (χ3n) is 3.43. The number of esters is 1. The summed E-state index contributed by atoms with van der Waals surface area (Å²) in [6, 6.07) is 8.46. The molecule has 1 aromatic carbocycles. The SMILES string of the molecule is CCc1cc(C(=O)OCC(=O)Nc2ccc(NC(C)=O)cc2)sc1C. The summed E-state index contributed by atoms with van der Waals surface area (Å²) >= 11 is 1.37. The van der Waals surface area contributed by atoms with Gasteiger partial charge in [-0.3, -0.25) is 9.59 Å². The van der Waals surface area contributed by atoms with Crippen molar-refractivity contribution >= 4 is 40.5 Å². The Morgan fingerprint density at radius 2 is 1.68 bits per heavy atom. The van der Waals surface area contributed by atoms with E-state index in [0.29, 0.717) is 16.3 Å². The van der Waals surface area contributed by atoms with Gasteiger partial charge >= 0.3 is 5.97 Å². The second-order valence-electron chi connectivity index (χ2n) is 5.43. The number of aryl methyl sites for hydroxylation is 2. The number of thiophene rings is 1. The highest BCUT2D eigenvalue weighted by Crippen LogP contribution is 2.22. The number of anilines is 2. The van der Waals surface area contributed by atoms with Gasteiger partial charge in [0.05, 0.1) is 0 Å². The maximum Gasteiger partial charge on any atom is 0.348 e. The number of hydrogen-bond acceptors (Lipinski definition) is 5. The lowest BCUT2D eigenvalue weighted by molar-refractivity contribution is -0.119. The van der Waals surface area contributed by atoms with Gasteiger partial charge in [-0.2, -0.15) is 0 Å². The summed E-state index contributed by atoms with van der Waals surface area (Å²) in [5.41, 5.74) is 2.30. The summed E-state index contributed by atoms with van der Waals surface area (Å²) in [6.07, 6.45) is 0.852. The molecule has 0 spiro atoms. The summed E-state index contributed by atoms with van der Waals surface area (Å²) in [5.74, 6) is -1.09. The molecule has 2 aromatic rings. The van der Waals surface area contributed by atoms with Crippen LogP contribution in [0.15, 0.2) is 30.3 Å². The minimum atomic E-state index is -0.496. The smallest absolute Gasteiger partial charge is 0.348 e. The second kappa shape index (κ2) is 8.43. The highest BCUT2D eigenvalue weighted by Gasteiger charge is 2.14. The molecule has 7 heteroatoms. The summed E-state index contributed by atoms with van der Waals surface area (Å²) < 4.78 is 5.05. The fraction of sp³-hybridized carbons (Fsp3) is 0.278. The Balaban J connectivity index is 1.85. The van der Waals surface area contributed by atoms with Gasteiger partial charge < -0.3 is 15.4 Å². The number of benzene rings is 1. The van der Waals surface area contributed by atoms with E-state index in [-0.39, 0.29) is 12.5 Å². The average molecular weight is 360 g/mol. The molecule has 132 valence electrons. The number of amides is 2. The first-order chi connectivity index (χ1) is 11.9. The molecule has 0 fully saturated rings. The van der Waals surface area contributed by atoms with E-state index in [0.717, 1.165) is 16.9 Å².